The lowest BCUT2D eigenvalue weighted by Gasteiger charge is -2.32. The molecule has 0 atom stereocenters. The van der Waals surface area contributed by atoms with Crippen LogP contribution in [-0.4, -0.2) is 63.9 Å². The number of hydrogen-bond donors (Lipinski definition) is 2. The summed E-state index contributed by atoms with van der Waals surface area (Å²) in [6.07, 6.45) is 3.78. The molecule has 6 nitrogen and oxygen atoms in total. The summed E-state index contributed by atoms with van der Waals surface area (Å²) in [7, 11) is 1.69. The van der Waals surface area contributed by atoms with Gasteiger partial charge in [0.1, 0.15) is 12.4 Å². The second-order valence-electron chi connectivity index (χ2n) is 7.81. The van der Waals surface area contributed by atoms with Gasteiger partial charge in [0, 0.05) is 25.8 Å². The highest BCUT2D eigenvalue weighted by Gasteiger charge is 2.18. The summed E-state index contributed by atoms with van der Waals surface area (Å²) in [5.41, 5.74) is 2.28. The van der Waals surface area contributed by atoms with E-state index in [0.717, 1.165) is 36.3 Å². The predicted octanol–water partition coefficient (Wildman–Crippen LogP) is 3.82. The summed E-state index contributed by atoms with van der Waals surface area (Å²) in [4.78, 5) is 7.39. The molecule has 0 aromatic heterocycles. The first-order valence-corrected chi connectivity index (χ1v) is 11.1. The Morgan fingerprint density at radius 1 is 1.17 bits per heavy atom. The third kappa shape index (κ3) is 9.83. The van der Waals surface area contributed by atoms with Gasteiger partial charge in [-0.2, -0.15) is 0 Å². The normalized spacial score (nSPS) is 15.5. The van der Waals surface area contributed by atoms with Gasteiger partial charge in [0.15, 0.2) is 5.96 Å². The van der Waals surface area contributed by atoms with Crippen molar-refractivity contribution < 1.29 is 9.47 Å². The maximum atomic E-state index is 5.90. The third-order valence-corrected chi connectivity index (χ3v) is 5.32. The fourth-order valence-corrected chi connectivity index (χ4v) is 3.64. The lowest BCUT2D eigenvalue weighted by atomic mass is 9.97. The Kier molecular flexibility index (Phi) is 14.1. The van der Waals surface area contributed by atoms with Gasteiger partial charge in [0.05, 0.1) is 13.2 Å². The molecule has 0 saturated carbocycles. The number of nitrogens with one attached hydrogen (secondary N) is 2. The van der Waals surface area contributed by atoms with Crippen molar-refractivity contribution in [3.8, 4) is 5.75 Å². The van der Waals surface area contributed by atoms with Gasteiger partial charge in [-0.05, 0) is 70.3 Å². The van der Waals surface area contributed by atoms with Gasteiger partial charge in [0.2, 0.25) is 0 Å². The van der Waals surface area contributed by atoms with E-state index in [1.807, 2.05) is 0 Å². The maximum Gasteiger partial charge on any atom is 0.191 e. The van der Waals surface area contributed by atoms with E-state index in [1.165, 1.54) is 44.5 Å². The number of benzene rings is 1. The first-order chi connectivity index (χ1) is 14.2. The average molecular weight is 533 g/mol. The zero-order valence-electron chi connectivity index (χ0n) is 19.2. The van der Waals surface area contributed by atoms with E-state index < -0.39 is 0 Å². The molecule has 0 amide bonds. The molecule has 7 heteroatoms. The molecule has 1 aliphatic heterocycles. The van der Waals surface area contributed by atoms with Crippen LogP contribution in [0.2, 0.25) is 0 Å². The Bertz CT molecular complexity index is 619. The second kappa shape index (κ2) is 15.7. The van der Waals surface area contributed by atoms with Gasteiger partial charge in [-0.25, -0.2) is 4.99 Å². The van der Waals surface area contributed by atoms with Crippen LogP contribution in [0.5, 0.6) is 5.75 Å². The zero-order chi connectivity index (χ0) is 20.9. The molecule has 0 bridgehead atoms. The Labute approximate surface area is 200 Å². The van der Waals surface area contributed by atoms with Crippen LogP contribution in [0.15, 0.2) is 23.2 Å². The number of rotatable bonds is 11. The number of methoxy groups -OCH3 is 1. The summed E-state index contributed by atoms with van der Waals surface area (Å²) < 4.78 is 11.0. The van der Waals surface area contributed by atoms with Gasteiger partial charge >= 0.3 is 0 Å². The molecule has 1 saturated heterocycles. The highest BCUT2D eigenvalue weighted by atomic mass is 127. The SMILES string of the molecule is CCCN1CCC(CNC(=NCc2ccc(C)cc2OCCOC)NCC)CC1.I. The van der Waals surface area contributed by atoms with E-state index >= 15 is 0 Å². The summed E-state index contributed by atoms with van der Waals surface area (Å²) in [5.74, 6) is 2.50. The largest absolute Gasteiger partial charge is 0.491 e. The molecule has 0 unspecified atom stereocenters. The third-order valence-electron chi connectivity index (χ3n) is 5.32. The van der Waals surface area contributed by atoms with Gasteiger partial charge < -0.3 is 25.0 Å². The lowest BCUT2D eigenvalue weighted by Crippen LogP contribution is -2.43. The molecule has 1 fully saturated rings. The van der Waals surface area contributed by atoms with E-state index in [4.69, 9.17) is 14.5 Å². The molecule has 0 radical (unpaired) electrons. The van der Waals surface area contributed by atoms with Crippen LogP contribution in [0.4, 0.5) is 0 Å². The van der Waals surface area contributed by atoms with E-state index in [-0.39, 0.29) is 24.0 Å². The summed E-state index contributed by atoms with van der Waals surface area (Å²) in [5, 5.41) is 6.92. The minimum absolute atomic E-state index is 0. The number of aryl methyl sites for hydroxylation is 1. The number of halogens is 1. The highest BCUT2D eigenvalue weighted by molar-refractivity contribution is 14.0. The van der Waals surface area contributed by atoms with Crippen LogP contribution < -0.4 is 15.4 Å². The smallest absolute Gasteiger partial charge is 0.191 e. The lowest BCUT2D eigenvalue weighted by molar-refractivity contribution is 0.145. The minimum Gasteiger partial charge on any atom is -0.491 e. The molecular formula is C23H41IN4O2. The van der Waals surface area contributed by atoms with Crippen LogP contribution in [0.3, 0.4) is 0 Å². The topological polar surface area (TPSA) is 58.1 Å². The molecule has 1 aromatic carbocycles. The number of guanidine groups is 1. The number of piperidine rings is 1. The molecule has 1 heterocycles. The molecule has 1 aliphatic rings. The summed E-state index contributed by atoms with van der Waals surface area (Å²) >= 11 is 0. The molecule has 0 aliphatic carbocycles. The quantitative estimate of drug-likeness (QED) is 0.197. The van der Waals surface area contributed by atoms with Crippen LogP contribution in [0.25, 0.3) is 0 Å². The van der Waals surface area contributed by atoms with Crippen LogP contribution in [-0.2, 0) is 11.3 Å². The Hall–Kier alpha value is -1.06. The van der Waals surface area contributed by atoms with Gasteiger partial charge in [-0.3, -0.25) is 0 Å². The molecule has 2 rings (SSSR count). The second-order valence-corrected chi connectivity index (χ2v) is 7.81. The number of aliphatic imine (C=N–C) groups is 1. The summed E-state index contributed by atoms with van der Waals surface area (Å²) in [6.45, 7) is 13.7. The molecular weight excluding hydrogens is 491 g/mol. The molecule has 0 spiro atoms. The van der Waals surface area contributed by atoms with E-state index in [9.17, 15) is 0 Å². The number of ether oxygens (including phenoxy) is 2. The van der Waals surface area contributed by atoms with Crippen molar-refractivity contribution in [3.05, 3.63) is 29.3 Å². The Morgan fingerprint density at radius 3 is 2.60 bits per heavy atom. The van der Waals surface area contributed by atoms with E-state index in [2.05, 4.69) is 54.5 Å². The van der Waals surface area contributed by atoms with Crippen LogP contribution in [0.1, 0.15) is 44.2 Å². The Balaban J connectivity index is 0.00000450. The van der Waals surface area contributed by atoms with Gasteiger partial charge in [0.25, 0.3) is 0 Å². The monoisotopic (exact) mass is 532 g/mol. The maximum absolute atomic E-state index is 5.90. The fourth-order valence-electron chi connectivity index (χ4n) is 3.64. The number of likely N-dealkylation sites (tertiary alicyclic amines) is 1. The van der Waals surface area contributed by atoms with Gasteiger partial charge in [-0.15, -0.1) is 24.0 Å². The molecule has 172 valence electrons. The molecule has 30 heavy (non-hydrogen) atoms. The zero-order valence-corrected chi connectivity index (χ0v) is 21.5. The minimum atomic E-state index is 0. The summed E-state index contributed by atoms with van der Waals surface area (Å²) in [6, 6.07) is 6.29. The fraction of sp³-hybridized carbons (Fsp3) is 0.696. The van der Waals surface area contributed by atoms with Crippen molar-refractivity contribution >= 4 is 29.9 Å². The molecule has 1 aromatic rings. The van der Waals surface area contributed by atoms with Crippen LogP contribution >= 0.6 is 24.0 Å². The van der Waals surface area contributed by atoms with Crippen LogP contribution in [0, 0.1) is 12.8 Å². The molecule has 2 N–H and O–H groups in total. The standard InChI is InChI=1S/C23H40N4O2.HI/c1-5-11-27-12-9-20(10-13-27)17-25-23(24-6-2)26-18-21-8-7-19(3)16-22(21)29-15-14-28-4;/h7-8,16,20H,5-6,9-15,17-18H2,1-4H3,(H2,24,25,26);1H. The first-order valence-electron chi connectivity index (χ1n) is 11.1. The van der Waals surface area contributed by atoms with Crippen molar-refractivity contribution in [1.82, 2.24) is 15.5 Å². The number of nitrogens with zero attached hydrogens (tertiary/aromatic N) is 2. The van der Waals surface area contributed by atoms with Crippen molar-refractivity contribution in [2.45, 2.75) is 46.6 Å². The first kappa shape index (κ1) is 27.0. The van der Waals surface area contributed by atoms with E-state index in [0.29, 0.717) is 19.8 Å². The highest BCUT2D eigenvalue weighted by Crippen LogP contribution is 2.21. The van der Waals surface area contributed by atoms with Crippen molar-refractivity contribution in [2.24, 2.45) is 10.9 Å². The number of hydrogen-bond acceptors (Lipinski definition) is 4. The average Bonchev–Trinajstić information content (AvgIpc) is 2.72. The van der Waals surface area contributed by atoms with Gasteiger partial charge in [-0.1, -0.05) is 19.1 Å². The van der Waals surface area contributed by atoms with Crippen molar-refractivity contribution in [3.63, 3.8) is 0 Å². The van der Waals surface area contributed by atoms with Crippen molar-refractivity contribution in [1.29, 1.82) is 0 Å². The van der Waals surface area contributed by atoms with E-state index in [1.54, 1.807) is 7.11 Å². The van der Waals surface area contributed by atoms with Crippen molar-refractivity contribution in [2.75, 3.05) is 53.0 Å². The predicted molar refractivity (Wildman–Crippen MR) is 136 cm³/mol. The Morgan fingerprint density at radius 2 is 1.93 bits per heavy atom.